The summed E-state index contributed by atoms with van der Waals surface area (Å²) >= 11 is 1.82. The van der Waals surface area contributed by atoms with Crippen molar-refractivity contribution in [2.24, 2.45) is 0 Å². The van der Waals surface area contributed by atoms with E-state index >= 15 is 0 Å². The lowest BCUT2D eigenvalue weighted by Crippen LogP contribution is -2.00. The van der Waals surface area contributed by atoms with Gasteiger partial charge in [-0.05, 0) is 29.3 Å². The highest BCUT2D eigenvalue weighted by molar-refractivity contribution is 7.26. The standard InChI is InChI=1S/C42H26N4S/c1-4-12-28(13-5-1)38-39-37(33-18-10-11-19-36(33)47-39)34-26-32(24-25-35(34)43-38)27-20-22-31(23-21-27)42-45-40(29-14-6-2-7-15-29)44-41(46-42)30-16-8-3-9-17-30/h1-26H. The molecule has 9 aromatic rings. The van der Waals surface area contributed by atoms with Gasteiger partial charge >= 0.3 is 0 Å². The van der Waals surface area contributed by atoms with Gasteiger partial charge in [0.2, 0.25) is 0 Å². The first-order valence-electron chi connectivity index (χ1n) is 15.6. The Morgan fingerprint density at radius 1 is 0.362 bits per heavy atom. The van der Waals surface area contributed by atoms with Crippen LogP contribution in [0.3, 0.4) is 0 Å². The van der Waals surface area contributed by atoms with Crippen molar-refractivity contribution in [3.8, 4) is 56.5 Å². The number of fused-ring (bicyclic) bond motifs is 5. The highest BCUT2D eigenvalue weighted by atomic mass is 32.1. The molecule has 9 rings (SSSR count). The fraction of sp³-hybridized carbons (Fsp3) is 0. The molecule has 0 fully saturated rings. The van der Waals surface area contributed by atoms with Crippen LogP contribution in [0, 0.1) is 0 Å². The van der Waals surface area contributed by atoms with E-state index in [1.807, 2.05) is 72.0 Å². The number of pyridine rings is 1. The molecule has 0 unspecified atom stereocenters. The minimum Gasteiger partial charge on any atom is -0.246 e. The molecule has 0 saturated carbocycles. The minimum atomic E-state index is 0.645. The van der Waals surface area contributed by atoms with Gasteiger partial charge in [0.05, 0.1) is 15.9 Å². The summed E-state index contributed by atoms with van der Waals surface area (Å²) in [6, 6.07) is 54.4. The second-order valence-electron chi connectivity index (χ2n) is 11.5. The van der Waals surface area contributed by atoms with Crippen molar-refractivity contribution in [3.05, 3.63) is 158 Å². The normalized spacial score (nSPS) is 11.4. The lowest BCUT2D eigenvalue weighted by atomic mass is 9.98. The molecule has 47 heavy (non-hydrogen) atoms. The minimum absolute atomic E-state index is 0.645. The van der Waals surface area contributed by atoms with Gasteiger partial charge in [0.25, 0.3) is 0 Å². The SMILES string of the molecule is c1ccc(-c2nc(-c3ccccc3)nc(-c3ccc(-c4ccc5nc(-c6ccccc6)c6sc7ccccc7c6c5c4)cc3)n2)cc1. The fourth-order valence-electron chi connectivity index (χ4n) is 6.21. The summed E-state index contributed by atoms with van der Waals surface area (Å²) in [4.78, 5) is 19.9. The molecule has 0 radical (unpaired) electrons. The first-order valence-corrected chi connectivity index (χ1v) is 16.4. The summed E-state index contributed by atoms with van der Waals surface area (Å²) in [7, 11) is 0. The monoisotopic (exact) mass is 618 g/mol. The number of hydrogen-bond acceptors (Lipinski definition) is 5. The lowest BCUT2D eigenvalue weighted by molar-refractivity contribution is 1.07. The predicted octanol–water partition coefficient (Wildman–Crippen LogP) is 11.1. The quantitative estimate of drug-likeness (QED) is 0.193. The summed E-state index contributed by atoms with van der Waals surface area (Å²) in [5.74, 6) is 1.96. The van der Waals surface area contributed by atoms with E-state index in [-0.39, 0.29) is 0 Å². The third-order valence-electron chi connectivity index (χ3n) is 8.53. The number of hydrogen-bond donors (Lipinski definition) is 0. The molecule has 3 heterocycles. The Balaban J connectivity index is 1.16. The number of rotatable bonds is 5. The zero-order valence-corrected chi connectivity index (χ0v) is 26.0. The Hall–Kier alpha value is -6.04. The Morgan fingerprint density at radius 2 is 0.851 bits per heavy atom. The van der Waals surface area contributed by atoms with Crippen molar-refractivity contribution >= 4 is 42.4 Å². The Morgan fingerprint density at radius 3 is 1.47 bits per heavy atom. The molecule has 6 aromatic carbocycles. The van der Waals surface area contributed by atoms with Crippen molar-refractivity contribution in [1.29, 1.82) is 0 Å². The van der Waals surface area contributed by atoms with Gasteiger partial charge in [0.1, 0.15) is 0 Å². The van der Waals surface area contributed by atoms with Gasteiger partial charge in [-0.1, -0.05) is 140 Å². The number of benzene rings is 6. The topological polar surface area (TPSA) is 51.6 Å². The number of aromatic nitrogens is 4. The van der Waals surface area contributed by atoms with Gasteiger partial charge in [0, 0.05) is 43.1 Å². The van der Waals surface area contributed by atoms with Crippen LogP contribution in [0.15, 0.2) is 158 Å². The molecule has 3 aromatic heterocycles. The van der Waals surface area contributed by atoms with Gasteiger partial charge in [0.15, 0.2) is 17.5 Å². The third kappa shape index (κ3) is 4.94. The first-order chi connectivity index (χ1) is 23.3. The predicted molar refractivity (Wildman–Crippen MR) is 195 cm³/mol. The molecule has 220 valence electrons. The molecular weight excluding hydrogens is 593 g/mol. The van der Waals surface area contributed by atoms with E-state index in [9.17, 15) is 0 Å². The van der Waals surface area contributed by atoms with Crippen LogP contribution < -0.4 is 0 Å². The number of nitrogens with zero attached hydrogens (tertiary/aromatic N) is 4. The van der Waals surface area contributed by atoms with E-state index in [2.05, 4.69) is 97.1 Å². The Kier molecular flexibility index (Phi) is 6.61. The van der Waals surface area contributed by atoms with Crippen LogP contribution in [0.25, 0.3) is 87.6 Å². The van der Waals surface area contributed by atoms with Crippen LogP contribution >= 0.6 is 11.3 Å². The van der Waals surface area contributed by atoms with E-state index in [0.717, 1.165) is 50.0 Å². The summed E-state index contributed by atoms with van der Waals surface area (Å²) < 4.78 is 2.49. The van der Waals surface area contributed by atoms with Crippen LogP contribution in [-0.2, 0) is 0 Å². The molecular formula is C42H26N4S. The molecule has 0 saturated heterocycles. The first kappa shape index (κ1) is 27.3. The van der Waals surface area contributed by atoms with Gasteiger partial charge in [-0.2, -0.15) is 0 Å². The van der Waals surface area contributed by atoms with E-state index in [1.165, 1.54) is 20.2 Å². The molecule has 0 N–H and O–H groups in total. The van der Waals surface area contributed by atoms with Crippen LogP contribution in [0.4, 0.5) is 0 Å². The van der Waals surface area contributed by atoms with Gasteiger partial charge < -0.3 is 0 Å². The zero-order valence-electron chi connectivity index (χ0n) is 25.2. The smallest absolute Gasteiger partial charge is 0.164 e. The lowest BCUT2D eigenvalue weighted by Gasteiger charge is -2.10. The van der Waals surface area contributed by atoms with Crippen molar-refractivity contribution < 1.29 is 0 Å². The highest BCUT2D eigenvalue weighted by Gasteiger charge is 2.17. The summed E-state index contributed by atoms with van der Waals surface area (Å²) in [5, 5.41) is 3.69. The van der Waals surface area contributed by atoms with Crippen LogP contribution in [0.1, 0.15) is 0 Å². The largest absolute Gasteiger partial charge is 0.246 e. The van der Waals surface area contributed by atoms with Crippen molar-refractivity contribution in [1.82, 2.24) is 19.9 Å². The van der Waals surface area contributed by atoms with Crippen molar-refractivity contribution in [2.75, 3.05) is 0 Å². The maximum absolute atomic E-state index is 5.21. The van der Waals surface area contributed by atoms with Crippen LogP contribution in [0.5, 0.6) is 0 Å². The average molecular weight is 619 g/mol. The molecule has 0 atom stereocenters. The van der Waals surface area contributed by atoms with E-state index in [1.54, 1.807) is 0 Å². The van der Waals surface area contributed by atoms with E-state index in [4.69, 9.17) is 19.9 Å². The molecule has 0 aliphatic heterocycles. The summed E-state index contributed by atoms with van der Waals surface area (Å²) in [6.45, 7) is 0. The third-order valence-corrected chi connectivity index (χ3v) is 9.71. The Labute approximate surface area is 275 Å². The molecule has 0 amide bonds. The van der Waals surface area contributed by atoms with Crippen molar-refractivity contribution in [2.45, 2.75) is 0 Å². The second-order valence-corrected chi connectivity index (χ2v) is 12.5. The summed E-state index contributed by atoms with van der Waals surface area (Å²) in [6.07, 6.45) is 0. The Bertz CT molecular complexity index is 2490. The molecule has 5 heteroatoms. The van der Waals surface area contributed by atoms with Crippen LogP contribution in [0.2, 0.25) is 0 Å². The maximum atomic E-state index is 5.21. The second kappa shape index (κ2) is 11.4. The average Bonchev–Trinajstić information content (AvgIpc) is 3.55. The zero-order chi connectivity index (χ0) is 31.2. The van der Waals surface area contributed by atoms with Gasteiger partial charge in [-0.3, -0.25) is 0 Å². The van der Waals surface area contributed by atoms with E-state index < -0.39 is 0 Å². The number of thiophene rings is 1. The van der Waals surface area contributed by atoms with Crippen molar-refractivity contribution in [3.63, 3.8) is 0 Å². The molecule has 4 nitrogen and oxygen atoms in total. The summed E-state index contributed by atoms with van der Waals surface area (Å²) in [5.41, 5.74) is 8.27. The molecule has 0 aliphatic rings. The fourth-order valence-corrected chi connectivity index (χ4v) is 7.43. The van der Waals surface area contributed by atoms with Gasteiger partial charge in [-0.25, -0.2) is 19.9 Å². The van der Waals surface area contributed by atoms with Crippen LogP contribution in [-0.4, -0.2) is 19.9 Å². The molecule has 0 spiro atoms. The molecule has 0 aliphatic carbocycles. The van der Waals surface area contributed by atoms with Gasteiger partial charge in [-0.15, -0.1) is 11.3 Å². The van der Waals surface area contributed by atoms with E-state index in [0.29, 0.717) is 17.5 Å². The molecule has 0 bridgehead atoms. The highest BCUT2D eigenvalue weighted by Crippen LogP contribution is 2.43. The maximum Gasteiger partial charge on any atom is 0.164 e.